The molecule has 0 spiro atoms. The molecule has 1 N–H and O–H groups in total. The molecule has 120 valence electrons. The number of carbonyl (C=O) groups excluding carboxylic acids is 2. The van der Waals surface area contributed by atoms with Gasteiger partial charge in [-0.3, -0.25) is 0 Å². The van der Waals surface area contributed by atoms with Crippen LogP contribution in [0.5, 0.6) is 0 Å². The molecule has 22 heavy (non-hydrogen) atoms. The summed E-state index contributed by atoms with van der Waals surface area (Å²) in [4.78, 5) is 26.2. The summed E-state index contributed by atoms with van der Waals surface area (Å²) in [7, 11) is 1.34. The summed E-state index contributed by atoms with van der Waals surface area (Å²) in [6.45, 7) is 2.79. The maximum Gasteiger partial charge on any atom is 0.328 e. The number of hydrogen-bond donors (Lipinski definition) is 1. The average Bonchev–Trinajstić information content (AvgIpc) is 2.54. The molecule has 1 aromatic carbocycles. The molecule has 0 radical (unpaired) electrons. The molecule has 1 saturated heterocycles. The zero-order chi connectivity index (χ0) is 15.9. The predicted molar refractivity (Wildman–Crippen MR) is 84.5 cm³/mol. The molecule has 2 amide bonds. The van der Waals surface area contributed by atoms with E-state index in [9.17, 15) is 9.59 Å². The molecule has 1 aliphatic heterocycles. The number of nitrogens with one attached hydrogen (secondary N) is 1. The summed E-state index contributed by atoms with van der Waals surface area (Å²) >= 11 is 0. The first-order valence-electron chi connectivity index (χ1n) is 7.80. The van der Waals surface area contributed by atoms with Gasteiger partial charge in [-0.15, -0.1) is 0 Å². The van der Waals surface area contributed by atoms with Gasteiger partial charge in [-0.2, -0.15) is 0 Å². The highest BCUT2D eigenvalue weighted by molar-refractivity contribution is 5.84. The summed E-state index contributed by atoms with van der Waals surface area (Å²) in [6, 6.07) is 8.99. The summed E-state index contributed by atoms with van der Waals surface area (Å²) in [6.07, 6.45) is 3.60. The van der Waals surface area contributed by atoms with Gasteiger partial charge < -0.3 is 15.0 Å². The topological polar surface area (TPSA) is 58.6 Å². The molecule has 1 aliphatic rings. The molecule has 2 rings (SSSR count). The molecule has 5 nitrogen and oxygen atoms in total. The molecule has 1 aromatic rings. The first-order valence-corrected chi connectivity index (χ1v) is 7.80. The number of carbonyl (C=O) groups is 2. The fourth-order valence-corrected chi connectivity index (χ4v) is 2.82. The van der Waals surface area contributed by atoms with Crippen LogP contribution in [-0.4, -0.2) is 42.6 Å². The molecule has 0 aliphatic carbocycles. The summed E-state index contributed by atoms with van der Waals surface area (Å²) in [5.41, 5.74) is 0.991. The number of benzene rings is 1. The SMILES string of the molecule is COC(=O)[C@@H](Cc1ccccc1)NC(=O)N1CCCC[C@H]1C. The van der Waals surface area contributed by atoms with Gasteiger partial charge in [-0.25, -0.2) is 9.59 Å². The molecular weight excluding hydrogens is 280 g/mol. The third-order valence-corrected chi connectivity index (χ3v) is 4.13. The van der Waals surface area contributed by atoms with Crippen LogP contribution in [0.4, 0.5) is 4.79 Å². The van der Waals surface area contributed by atoms with Crippen molar-refractivity contribution < 1.29 is 14.3 Å². The third-order valence-electron chi connectivity index (χ3n) is 4.13. The smallest absolute Gasteiger partial charge is 0.328 e. The van der Waals surface area contributed by atoms with Crippen LogP contribution >= 0.6 is 0 Å². The Labute approximate surface area is 131 Å². The zero-order valence-electron chi connectivity index (χ0n) is 13.2. The van der Waals surface area contributed by atoms with Gasteiger partial charge in [-0.05, 0) is 31.7 Å². The Morgan fingerprint density at radius 2 is 2.05 bits per heavy atom. The van der Waals surface area contributed by atoms with Gasteiger partial charge >= 0.3 is 12.0 Å². The van der Waals surface area contributed by atoms with Crippen LogP contribution in [0, 0.1) is 0 Å². The van der Waals surface area contributed by atoms with Crippen LogP contribution in [0.15, 0.2) is 30.3 Å². The molecule has 1 heterocycles. The van der Waals surface area contributed by atoms with Crippen LogP contribution < -0.4 is 5.32 Å². The number of ether oxygens (including phenoxy) is 1. The Morgan fingerprint density at radius 1 is 1.32 bits per heavy atom. The summed E-state index contributed by atoms with van der Waals surface area (Å²) in [5.74, 6) is -0.415. The molecule has 2 atom stereocenters. The van der Waals surface area contributed by atoms with E-state index >= 15 is 0 Å². The number of nitrogens with zero attached hydrogens (tertiary/aromatic N) is 1. The van der Waals surface area contributed by atoms with E-state index in [0.717, 1.165) is 31.4 Å². The normalized spacial score (nSPS) is 19.4. The van der Waals surface area contributed by atoms with E-state index in [0.29, 0.717) is 6.42 Å². The van der Waals surface area contributed by atoms with Crippen LogP contribution in [0.2, 0.25) is 0 Å². The monoisotopic (exact) mass is 304 g/mol. The van der Waals surface area contributed by atoms with Crippen molar-refractivity contribution >= 4 is 12.0 Å². The maximum absolute atomic E-state index is 12.4. The van der Waals surface area contributed by atoms with Gasteiger partial charge in [0, 0.05) is 19.0 Å². The van der Waals surface area contributed by atoms with Gasteiger partial charge in [0.05, 0.1) is 7.11 Å². The van der Waals surface area contributed by atoms with Crippen molar-refractivity contribution in [2.45, 2.75) is 44.7 Å². The lowest BCUT2D eigenvalue weighted by molar-refractivity contribution is -0.142. The minimum atomic E-state index is -0.658. The number of methoxy groups -OCH3 is 1. The van der Waals surface area contributed by atoms with Crippen molar-refractivity contribution in [1.82, 2.24) is 10.2 Å². The van der Waals surface area contributed by atoms with Crippen molar-refractivity contribution in [3.8, 4) is 0 Å². The number of esters is 1. The highest BCUT2D eigenvalue weighted by atomic mass is 16.5. The zero-order valence-corrected chi connectivity index (χ0v) is 13.2. The van der Waals surface area contributed by atoms with Gasteiger partial charge in [-0.1, -0.05) is 30.3 Å². The van der Waals surface area contributed by atoms with Crippen LogP contribution in [0.25, 0.3) is 0 Å². The minimum absolute atomic E-state index is 0.182. The van der Waals surface area contributed by atoms with E-state index in [2.05, 4.69) is 5.32 Å². The van der Waals surface area contributed by atoms with E-state index < -0.39 is 12.0 Å². The Hall–Kier alpha value is -2.04. The van der Waals surface area contributed by atoms with E-state index in [4.69, 9.17) is 4.74 Å². The second kappa shape index (κ2) is 7.82. The Balaban J connectivity index is 2.03. The minimum Gasteiger partial charge on any atom is -0.467 e. The lowest BCUT2D eigenvalue weighted by Gasteiger charge is -2.34. The van der Waals surface area contributed by atoms with E-state index in [1.807, 2.05) is 42.2 Å². The van der Waals surface area contributed by atoms with Gasteiger partial charge in [0.25, 0.3) is 0 Å². The van der Waals surface area contributed by atoms with Crippen molar-refractivity contribution in [2.75, 3.05) is 13.7 Å². The van der Waals surface area contributed by atoms with E-state index in [-0.39, 0.29) is 12.1 Å². The maximum atomic E-state index is 12.4. The van der Waals surface area contributed by atoms with Crippen LogP contribution in [-0.2, 0) is 16.0 Å². The molecule has 1 fully saturated rings. The quantitative estimate of drug-likeness (QED) is 0.869. The van der Waals surface area contributed by atoms with Crippen molar-refractivity contribution in [2.24, 2.45) is 0 Å². The molecular formula is C17H24N2O3. The van der Waals surface area contributed by atoms with Gasteiger partial charge in [0.15, 0.2) is 0 Å². The standard InChI is InChI=1S/C17H24N2O3/c1-13-8-6-7-11-19(13)17(21)18-15(16(20)22-2)12-14-9-4-3-5-10-14/h3-5,9-10,13,15H,6-8,11-12H2,1-2H3,(H,18,21)/t13-,15-/m1/s1. The summed E-state index contributed by atoms with van der Waals surface area (Å²) < 4.78 is 4.83. The van der Waals surface area contributed by atoms with E-state index in [1.54, 1.807) is 0 Å². The van der Waals surface area contributed by atoms with Gasteiger partial charge in [0.2, 0.25) is 0 Å². The predicted octanol–water partition coefficient (Wildman–Crippen LogP) is 2.35. The van der Waals surface area contributed by atoms with Crippen LogP contribution in [0.1, 0.15) is 31.7 Å². The molecule has 0 saturated carbocycles. The van der Waals surface area contributed by atoms with E-state index in [1.165, 1.54) is 7.11 Å². The number of likely N-dealkylation sites (tertiary alicyclic amines) is 1. The Bertz CT molecular complexity index is 504. The van der Waals surface area contributed by atoms with Crippen molar-refractivity contribution in [3.63, 3.8) is 0 Å². The fourth-order valence-electron chi connectivity index (χ4n) is 2.82. The number of rotatable bonds is 4. The average molecular weight is 304 g/mol. The lowest BCUT2D eigenvalue weighted by atomic mass is 10.0. The third kappa shape index (κ3) is 4.23. The second-order valence-corrected chi connectivity index (χ2v) is 5.75. The molecule has 0 bridgehead atoms. The first kappa shape index (κ1) is 16.3. The number of piperidine rings is 1. The Kier molecular flexibility index (Phi) is 5.81. The summed E-state index contributed by atoms with van der Waals surface area (Å²) in [5, 5.41) is 2.83. The largest absolute Gasteiger partial charge is 0.467 e. The molecule has 5 heteroatoms. The number of hydrogen-bond acceptors (Lipinski definition) is 3. The van der Waals surface area contributed by atoms with Crippen molar-refractivity contribution in [3.05, 3.63) is 35.9 Å². The first-order chi connectivity index (χ1) is 10.6. The highest BCUT2D eigenvalue weighted by Crippen LogP contribution is 2.16. The highest BCUT2D eigenvalue weighted by Gasteiger charge is 2.28. The fraction of sp³-hybridized carbons (Fsp3) is 0.529. The molecule has 0 aromatic heterocycles. The number of urea groups is 1. The second-order valence-electron chi connectivity index (χ2n) is 5.75. The van der Waals surface area contributed by atoms with Gasteiger partial charge in [0.1, 0.15) is 6.04 Å². The number of amides is 2. The molecule has 0 unspecified atom stereocenters. The lowest BCUT2D eigenvalue weighted by Crippen LogP contribution is -2.53. The Morgan fingerprint density at radius 3 is 2.68 bits per heavy atom. The van der Waals surface area contributed by atoms with Crippen LogP contribution in [0.3, 0.4) is 0 Å². The van der Waals surface area contributed by atoms with Crippen molar-refractivity contribution in [1.29, 1.82) is 0 Å².